The molecule has 1 aliphatic heterocycles. The second-order valence-corrected chi connectivity index (χ2v) is 9.41. The molecule has 2 heterocycles. The normalized spacial score (nSPS) is 14.8. The van der Waals surface area contributed by atoms with Gasteiger partial charge < -0.3 is 11.1 Å². The third-order valence-electron chi connectivity index (χ3n) is 6.70. The first kappa shape index (κ1) is 23.9. The maximum Gasteiger partial charge on any atom is 0.232 e. The molecule has 1 aliphatic rings. The number of aromatic nitrogens is 3. The molecule has 7 heteroatoms. The molecular formula is C29H33N7. The van der Waals surface area contributed by atoms with Gasteiger partial charge >= 0.3 is 0 Å². The highest BCUT2D eigenvalue weighted by molar-refractivity contribution is 5.59. The Hall–Kier alpha value is -3.81. The summed E-state index contributed by atoms with van der Waals surface area (Å²) in [5, 5.41) is 3.31. The van der Waals surface area contributed by atoms with Gasteiger partial charge in [-0.1, -0.05) is 78.4 Å². The summed E-state index contributed by atoms with van der Waals surface area (Å²) in [6.07, 6.45) is 0. The van der Waals surface area contributed by atoms with Crippen LogP contribution in [0.4, 0.5) is 17.6 Å². The molecule has 0 bridgehead atoms. The molecule has 3 N–H and O–H groups in total. The van der Waals surface area contributed by atoms with Crippen LogP contribution >= 0.6 is 0 Å². The van der Waals surface area contributed by atoms with Crippen molar-refractivity contribution in [2.75, 3.05) is 37.2 Å². The van der Waals surface area contributed by atoms with Crippen LogP contribution in [0.3, 0.4) is 0 Å². The summed E-state index contributed by atoms with van der Waals surface area (Å²) in [4.78, 5) is 18.3. The van der Waals surface area contributed by atoms with Crippen molar-refractivity contribution in [1.29, 1.82) is 0 Å². The summed E-state index contributed by atoms with van der Waals surface area (Å²) < 4.78 is 0. The molecule has 0 radical (unpaired) electrons. The summed E-state index contributed by atoms with van der Waals surface area (Å²) in [5.74, 6) is 1.40. The molecule has 3 aromatic carbocycles. The van der Waals surface area contributed by atoms with E-state index in [0.717, 1.165) is 37.4 Å². The second-order valence-electron chi connectivity index (χ2n) is 9.41. The SMILES string of the molecule is Cc1ccc(Nc2nc(N)nc(CN3CCN(C(c4ccccc4)c4ccccc4)CC3)n2)c(C)c1. The fraction of sp³-hybridized carbons (Fsp3) is 0.276. The lowest BCUT2D eigenvalue weighted by Crippen LogP contribution is -2.47. The van der Waals surface area contributed by atoms with E-state index < -0.39 is 0 Å². The van der Waals surface area contributed by atoms with E-state index in [9.17, 15) is 0 Å². The van der Waals surface area contributed by atoms with Crippen molar-refractivity contribution < 1.29 is 0 Å². The number of nitrogen functional groups attached to an aromatic ring is 1. The Bertz CT molecular complexity index is 1250. The van der Waals surface area contributed by atoms with Crippen molar-refractivity contribution in [3.05, 3.63) is 107 Å². The highest BCUT2D eigenvalue weighted by Gasteiger charge is 2.26. The molecule has 4 aromatic rings. The maximum atomic E-state index is 6.04. The Morgan fingerprint density at radius 2 is 1.44 bits per heavy atom. The first-order chi connectivity index (χ1) is 17.5. The van der Waals surface area contributed by atoms with Crippen molar-refractivity contribution in [3.63, 3.8) is 0 Å². The third kappa shape index (κ3) is 5.70. The standard InChI is InChI=1S/C29H33N7/c1-21-13-14-25(22(2)19-21)31-29-33-26(32-28(30)34-29)20-35-15-17-36(18-16-35)27(23-9-5-3-6-10-23)24-11-7-4-8-12-24/h3-14,19,27H,15-18,20H2,1-2H3,(H3,30,31,32,33,34). The van der Waals surface area contributed by atoms with E-state index in [-0.39, 0.29) is 12.0 Å². The predicted molar refractivity (Wildman–Crippen MR) is 145 cm³/mol. The number of hydrogen-bond donors (Lipinski definition) is 2. The molecule has 1 saturated heterocycles. The number of rotatable bonds is 7. The Morgan fingerprint density at radius 3 is 2.06 bits per heavy atom. The van der Waals surface area contributed by atoms with E-state index in [1.165, 1.54) is 16.7 Å². The van der Waals surface area contributed by atoms with E-state index in [0.29, 0.717) is 18.3 Å². The highest BCUT2D eigenvalue weighted by Crippen LogP contribution is 2.29. The second kappa shape index (κ2) is 10.8. The molecular weight excluding hydrogens is 446 g/mol. The minimum absolute atomic E-state index is 0.235. The first-order valence-electron chi connectivity index (χ1n) is 12.5. The quantitative estimate of drug-likeness (QED) is 0.397. The number of anilines is 3. The summed E-state index contributed by atoms with van der Waals surface area (Å²) in [6, 6.07) is 28.0. The summed E-state index contributed by atoms with van der Waals surface area (Å²) in [7, 11) is 0. The lowest BCUT2D eigenvalue weighted by Gasteiger charge is -2.39. The van der Waals surface area contributed by atoms with Crippen molar-refractivity contribution in [2.45, 2.75) is 26.4 Å². The van der Waals surface area contributed by atoms with E-state index in [4.69, 9.17) is 5.73 Å². The van der Waals surface area contributed by atoms with Gasteiger partial charge in [0, 0.05) is 31.9 Å². The Balaban J connectivity index is 1.26. The molecule has 184 valence electrons. The number of benzene rings is 3. The summed E-state index contributed by atoms with van der Waals surface area (Å²) >= 11 is 0. The molecule has 0 aliphatic carbocycles. The summed E-state index contributed by atoms with van der Waals surface area (Å²) in [6.45, 7) is 8.58. The highest BCUT2D eigenvalue weighted by atomic mass is 15.3. The molecule has 0 atom stereocenters. The van der Waals surface area contributed by atoms with E-state index in [1.54, 1.807) is 0 Å². The van der Waals surface area contributed by atoms with Crippen LogP contribution in [-0.2, 0) is 6.54 Å². The number of piperazine rings is 1. The molecule has 0 unspecified atom stereocenters. The molecule has 0 amide bonds. The fourth-order valence-corrected chi connectivity index (χ4v) is 4.90. The average molecular weight is 480 g/mol. The Kier molecular flexibility index (Phi) is 7.21. The first-order valence-corrected chi connectivity index (χ1v) is 12.5. The van der Waals surface area contributed by atoms with Gasteiger partial charge in [-0.05, 0) is 36.6 Å². The van der Waals surface area contributed by atoms with Crippen molar-refractivity contribution in [3.8, 4) is 0 Å². The van der Waals surface area contributed by atoms with Crippen molar-refractivity contribution >= 4 is 17.6 Å². The Labute approximate surface area is 213 Å². The number of hydrogen-bond acceptors (Lipinski definition) is 7. The Morgan fingerprint density at radius 1 is 0.806 bits per heavy atom. The fourth-order valence-electron chi connectivity index (χ4n) is 4.90. The van der Waals surface area contributed by atoms with Crippen LogP contribution in [-0.4, -0.2) is 50.9 Å². The molecule has 0 saturated carbocycles. The van der Waals surface area contributed by atoms with Gasteiger partial charge in [0.2, 0.25) is 11.9 Å². The van der Waals surface area contributed by atoms with Gasteiger partial charge in [-0.15, -0.1) is 0 Å². The largest absolute Gasteiger partial charge is 0.368 e. The minimum atomic E-state index is 0.235. The van der Waals surface area contributed by atoms with Crippen molar-refractivity contribution in [2.24, 2.45) is 0 Å². The topological polar surface area (TPSA) is 83.2 Å². The number of nitrogens with zero attached hydrogens (tertiary/aromatic N) is 5. The van der Waals surface area contributed by atoms with Gasteiger partial charge in [-0.25, -0.2) is 0 Å². The monoisotopic (exact) mass is 479 g/mol. The maximum absolute atomic E-state index is 6.04. The van der Waals surface area contributed by atoms with E-state index >= 15 is 0 Å². The van der Waals surface area contributed by atoms with E-state index in [1.807, 2.05) is 6.07 Å². The smallest absolute Gasteiger partial charge is 0.232 e. The zero-order valence-corrected chi connectivity index (χ0v) is 20.9. The van der Waals surface area contributed by atoms with Crippen LogP contribution in [0.15, 0.2) is 78.9 Å². The van der Waals surface area contributed by atoms with Crippen LogP contribution < -0.4 is 11.1 Å². The van der Waals surface area contributed by atoms with Crippen LogP contribution in [0, 0.1) is 13.8 Å². The number of nitrogens with two attached hydrogens (primary N) is 1. The average Bonchev–Trinajstić information content (AvgIpc) is 2.88. The van der Waals surface area contributed by atoms with Gasteiger partial charge in [-0.3, -0.25) is 9.80 Å². The van der Waals surface area contributed by atoms with Crippen LogP contribution in [0.2, 0.25) is 0 Å². The van der Waals surface area contributed by atoms with Crippen LogP contribution in [0.1, 0.15) is 34.1 Å². The number of nitrogens with one attached hydrogen (secondary N) is 1. The molecule has 7 nitrogen and oxygen atoms in total. The van der Waals surface area contributed by atoms with Gasteiger partial charge in [0.05, 0.1) is 12.6 Å². The molecule has 36 heavy (non-hydrogen) atoms. The zero-order chi connectivity index (χ0) is 24.9. The van der Waals surface area contributed by atoms with Gasteiger partial charge in [0.15, 0.2) is 0 Å². The summed E-state index contributed by atoms with van der Waals surface area (Å²) in [5.41, 5.74) is 12.0. The lowest BCUT2D eigenvalue weighted by molar-refractivity contribution is 0.103. The van der Waals surface area contributed by atoms with Crippen LogP contribution in [0.25, 0.3) is 0 Å². The molecule has 0 spiro atoms. The van der Waals surface area contributed by atoms with Gasteiger partial charge in [0.25, 0.3) is 0 Å². The van der Waals surface area contributed by atoms with E-state index in [2.05, 4.69) is 117 Å². The molecule has 1 fully saturated rings. The zero-order valence-electron chi connectivity index (χ0n) is 20.9. The van der Waals surface area contributed by atoms with Crippen molar-refractivity contribution in [1.82, 2.24) is 24.8 Å². The molecule has 1 aromatic heterocycles. The molecule has 5 rings (SSSR count). The predicted octanol–water partition coefficient (Wildman–Crippen LogP) is 4.72. The number of aryl methyl sites for hydroxylation is 2. The van der Waals surface area contributed by atoms with Crippen LogP contribution in [0.5, 0.6) is 0 Å². The third-order valence-corrected chi connectivity index (χ3v) is 6.70. The minimum Gasteiger partial charge on any atom is -0.368 e. The van der Waals surface area contributed by atoms with Gasteiger partial charge in [-0.2, -0.15) is 15.0 Å². The lowest BCUT2D eigenvalue weighted by atomic mass is 9.96. The van der Waals surface area contributed by atoms with Gasteiger partial charge in [0.1, 0.15) is 5.82 Å².